The third-order valence-corrected chi connectivity index (χ3v) is 21.8. The highest BCUT2D eigenvalue weighted by molar-refractivity contribution is 5.73. The molecular weight excluding hydrogens is 1550 g/mol. The molecule has 0 aliphatic carbocycles. The van der Waals surface area contributed by atoms with Gasteiger partial charge in [-0.15, -0.1) is 0 Å². The van der Waals surface area contributed by atoms with Crippen molar-refractivity contribution in [1.29, 1.82) is 0 Å². The second kappa shape index (κ2) is 40.0. The fourth-order valence-electron chi connectivity index (χ4n) is 15.2. The number of hydrogen-bond acceptors (Lipinski definition) is 46. The molecule has 0 radical (unpaired) electrons. The van der Waals surface area contributed by atoms with Crippen LogP contribution in [0, 0.1) is 0 Å². The molecule has 10 fully saturated rings. The third-order valence-electron chi connectivity index (χ3n) is 21.8. The minimum Gasteiger partial charge on any atom is -0.394 e. The van der Waals surface area contributed by atoms with Gasteiger partial charge in [-0.05, 0) is 41.5 Å². The average molecular weight is 1670 g/mol. The number of nitrogens with two attached hydrogens (primary N) is 1. The maximum atomic E-state index is 13.5. The minimum absolute atomic E-state index is 0.0807. The highest BCUT2D eigenvalue weighted by Crippen LogP contribution is 2.42. The fraction of sp³-hybridized carbons (Fsp3) is 0.970. The van der Waals surface area contributed by atoms with Crippen molar-refractivity contribution in [1.82, 2.24) is 10.6 Å². The van der Waals surface area contributed by atoms with E-state index >= 15 is 0 Å². The smallest absolute Gasteiger partial charge is 0.217 e. The first-order valence-electron chi connectivity index (χ1n) is 37.5. The Kier molecular flexibility index (Phi) is 32.8. The number of aliphatic hydroxyl groups is 23. The summed E-state index contributed by atoms with van der Waals surface area (Å²) in [5.74, 6) is -1.68. The lowest BCUT2D eigenvalue weighted by Gasteiger charge is -2.52. The van der Waals surface area contributed by atoms with Gasteiger partial charge in [0, 0.05) is 20.4 Å². The Hall–Kier alpha value is -2.82. The first kappa shape index (κ1) is 93.4. The molecule has 114 heavy (non-hydrogen) atoms. The molecule has 0 saturated carbocycles. The molecular formula is C66H113N3O45. The number of rotatable bonds is 27. The summed E-state index contributed by atoms with van der Waals surface area (Å²) >= 11 is 0. The highest BCUT2D eigenvalue weighted by Gasteiger charge is 2.62. The quantitative estimate of drug-likeness (QED) is 0.0363. The van der Waals surface area contributed by atoms with Gasteiger partial charge in [0.05, 0.1) is 69.7 Å². The summed E-state index contributed by atoms with van der Waals surface area (Å²) in [5, 5.41) is 264. The van der Waals surface area contributed by atoms with E-state index in [9.17, 15) is 127 Å². The summed E-state index contributed by atoms with van der Waals surface area (Å²) in [6, 6.07) is -3.44. The van der Waals surface area contributed by atoms with Crippen LogP contribution in [-0.2, 0) is 104 Å². The van der Waals surface area contributed by atoms with Crippen molar-refractivity contribution in [2.24, 2.45) is 5.73 Å². The molecule has 10 aliphatic heterocycles. The van der Waals surface area contributed by atoms with Crippen molar-refractivity contribution in [2.45, 2.75) is 362 Å². The molecule has 10 heterocycles. The third kappa shape index (κ3) is 19.9. The standard InChI is InChI=1S/C66H113N3O45/c1-15-29(76)37(84)43(90)59(96-15)113-55-41(88)31(78)16(2)97-64(55)110-52-47(94)63(101-20(6)48(52)106-60-44(91)38(85)33(80)23(11-70)104-60)109-51-28(69-22(8)75)58(103-26(14-73)36(51)83)112-54-40(87)30(77)18(4)99-66(54)114-56-42(89)32(79)17(3)98-65(56)111-53-46(93)62(100-19(5)49(53)107-61-45(92)39(86)34(81)24(12-71)105-61)108-50-27(68-21(7)74)57(95-10-9-67)102-25(13-72)35(50)82/h15-20,23-66,70-73,76-94H,9-14,67H2,1-8H3,(H,68,74)(H,69,75)/t15-,16-,17-,18-,19-,20-,23+,24+,25+,26+,27+,28+,29-,30-,31-,32-,33+,34+,35+,36+,37+,38-,39-,40+,41+,42+,43+,44+,45+,46+,47+,48-,49-,50+,51+,52-,53-,54+,55+,56+,57+,58-,59-,60+,61+,62-,63-,64-,65-,66-/m0/s1. The zero-order valence-corrected chi connectivity index (χ0v) is 63.0. The van der Waals surface area contributed by atoms with Crippen molar-refractivity contribution in [3.8, 4) is 0 Å². The first-order chi connectivity index (χ1) is 53.8. The van der Waals surface area contributed by atoms with E-state index < -0.39 is 345 Å². The van der Waals surface area contributed by atoms with Crippen LogP contribution < -0.4 is 16.4 Å². The second-order valence-corrected chi connectivity index (χ2v) is 30.0. The van der Waals surface area contributed by atoms with E-state index in [4.69, 9.17) is 100 Å². The number of carbonyl (C=O) groups is 2. The normalized spacial score (nSPS) is 52.5. The predicted octanol–water partition coefficient (Wildman–Crippen LogP) is -16.4. The van der Waals surface area contributed by atoms with Crippen LogP contribution in [0.2, 0.25) is 0 Å². The zero-order chi connectivity index (χ0) is 83.8. The number of amides is 2. The Bertz CT molecular complexity index is 2990. The predicted molar refractivity (Wildman–Crippen MR) is 357 cm³/mol. The van der Waals surface area contributed by atoms with E-state index in [1.165, 1.54) is 41.5 Å². The van der Waals surface area contributed by atoms with Crippen LogP contribution in [0.4, 0.5) is 0 Å². The lowest BCUT2D eigenvalue weighted by Crippen LogP contribution is -2.70. The summed E-state index contributed by atoms with van der Waals surface area (Å²) in [7, 11) is 0. The van der Waals surface area contributed by atoms with Gasteiger partial charge >= 0.3 is 0 Å². The van der Waals surface area contributed by atoms with E-state index in [0.29, 0.717) is 0 Å². The van der Waals surface area contributed by atoms with Crippen molar-refractivity contribution >= 4 is 11.8 Å². The number of ether oxygens (including phenoxy) is 20. The highest BCUT2D eigenvalue weighted by atomic mass is 16.8. The molecule has 48 nitrogen and oxygen atoms in total. The Balaban J connectivity index is 0.967. The molecule has 0 unspecified atom stereocenters. The van der Waals surface area contributed by atoms with Crippen LogP contribution in [0.15, 0.2) is 0 Å². The molecule has 2 amide bonds. The monoisotopic (exact) mass is 1670 g/mol. The van der Waals surface area contributed by atoms with Crippen molar-refractivity contribution in [2.75, 3.05) is 39.6 Å². The fourth-order valence-corrected chi connectivity index (χ4v) is 15.2. The second-order valence-electron chi connectivity index (χ2n) is 30.0. The molecule has 48 heteroatoms. The lowest BCUT2D eigenvalue weighted by molar-refractivity contribution is -0.411. The van der Waals surface area contributed by atoms with E-state index in [1.807, 2.05) is 0 Å². The molecule has 27 N–H and O–H groups in total. The Labute approximate surface area is 650 Å². The van der Waals surface area contributed by atoms with Crippen LogP contribution in [0.3, 0.4) is 0 Å². The Morgan fingerprint density at radius 3 is 0.860 bits per heavy atom. The van der Waals surface area contributed by atoms with Crippen molar-refractivity contribution in [3.63, 3.8) is 0 Å². The van der Waals surface area contributed by atoms with Gasteiger partial charge in [0.25, 0.3) is 0 Å². The number of nitrogens with one attached hydrogen (secondary N) is 2. The molecule has 0 aromatic heterocycles. The molecule has 0 spiro atoms. The molecule has 0 bridgehead atoms. The number of hydrogen-bond donors (Lipinski definition) is 26. The Morgan fingerprint density at radius 2 is 0.509 bits per heavy atom. The molecule has 10 aliphatic rings. The van der Waals surface area contributed by atoms with Gasteiger partial charge in [-0.2, -0.15) is 0 Å². The lowest BCUT2D eigenvalue weighted by atomic mass is 9.94. The molecule has 662 valence electrons. The SMILES string of the molecule is CC(=O)N[C@H]1[C@H](OCCN)O[C@H](CO)[C@@H](O)[C@@H]1O[C@@H]1O[C@@H](C)[C@H](O[C@H]2O[C@H](CO)[C@@H](O)[C@H](O)[C@H]2O)[C@@H](O[C@@H]2O[C@@H](C)[C@H](O)[C@@H](O)[C@H]2O[C@@H]2O[C@@H](C)[C@H](O)[C@@H](O)[C@H]2O[C@@H]2O[C@H](CO)[C@@H](O)[C@H](O[C@@H]3O[C@@H](C)[C@H](O[C@H]4O[C@H](CO)[C@@H](O)[C@H](O)[C@H]4O)[C@@H](O[C@@H]4O[C@@H](C)[C@H](O)[C@@H](O)[C@H]4O[C@@H]4O[C@@H](C)[C@H](O)[C@@H](O)[C@H]4O)[C@H]3O)[C@H]2NC(C)=O)[C@H]1O. The summed E-state index contributed by atoms with van der Waals surface area (Å²) < 4.78 is 122. The van der Waals surface area contributed by atoms with Gasteiger partial charge in [0.15, 0.2) is 62.9 Å². The number of aliphatic hydroxyl groups excluding tert-OH is 23. The summed E-state index contributed by atoms with van der Waals surface area (Å²) in [6.07, 6.45) is -92.2. The van der Waals surface area contributed by atoms with E-state index in [0.717, 1.165) is 13.8 Å². The van der Waals surface area contributed by atoms with Gasteiger partial charge < -0.3 is 229 Å². The van der Waals surface area contributed by atoms with Crippen LogP contribution in [0.1, 0.15) is 55.4 Å². The summed E-state index contributed by atoms with van der Waals surface area (Å²) in [5.41, 5.74) is 5.70. The first-order valence-corrected chi connectivity index (χ1v) is 37.5. The van der Waals surface area contributed by atoms with Crippen molar-refractivity contribution < 1.29 is 222 Å². The number of carbonyl (C=O) groups excluding carboxylic acids is 2. The van der Waals surface area contributed by atoms with Gasteiger partial charge in [-0.25, -0.2) is 0 Å². The molecule has 50 atom stereocenters. The van der Waals surface area contributed by atoms with Crippen LogP contribution >= 0.6 is 0 Å². The molecule has 10 rings (SSSR count). The van der Waals surface area contributed by atoms with E-state index in [2.05, 4.69) is 10.6 Å². The largest absolute Gasteiger partial charge is 0.394 e. The molecule has 10 saturated heterocycles. The van der Waals surface area contributed by atoms with E-state index in [1.54, 1.807) is 0 Å². The van der Waals surface area contributed by atoms with Crippen LogP contribution in [0.5, 0.6) is 0 Å². The maximum Gasteiger partial charge on any atom is 0.217 e. The van der Waals surface area contributed by atoms with Gasteiger partial charge in [-0.3, -0.25) is 9.59 Å². The van der Waals surface area contributed by atoms with Gasteiger partial charge in [0.2, 0.25) is 11.8 Å². The van der Waals surface area contributed by atoms with Gasteiger partial charge in [0.1, 0.15) is 207 Å². The average Bonchev–Trinajstić information content (AvgIpc) is 0.765. The van der Waals surface area contributed by atoms with Crippen molar-refractivity contribution in [3.05, 3.63) is 0 Å². The zero-order valence-electron chi connectivity index (χ0n) is 63.0. The topological polar surface area (TPSA) is 734 Å². The minimum atomic E-state index is -2.37. The summed E-state index contributed by atoms with van der Waals surface area (Å²) in [4.78, 5) is 26.3. The van der Waals surface area contributed by atoms with E-state index in [-0.39, 0.29) is 13.2 Å². The maximum absolute atomic E-state index is 13.5. The molecule has 0 aromatic rings. The molecule has 0 aromatic carbocycles. The van der Waals surface area contributed by atoms with Gasteiger partial charge in [-0.1, -0.05) is 0 Å². The summed E-state index contributed by atoms with van der Waals surface area (Å²) in [6.45, 7) is 5.49. The Morgan fingerprint density at radius 1 is 0.263 bits per heavy atom. The van der Waals surface area contributed by atoms with Crippen LogP contribution in [0.25, 0.3) is 0 Å². The van der Waals surface area contributed by atoms with Crippen LogP contribution in [-0.4, -0.2) is 476 Å².